The highest BCUT2D eigenvalue weighted by Gasteiger charge is 2.05. The van der Waals surface area contributed by atoms with E-state index in [4.69, 9.17) is 9.62 Å². The molecular weight excluding hydrogens is 270 g/mol. The first-order chi connectivity index (χ1) is 7.70. The van der Waals surface area contributed by atoms with Crippen molar-refractivity contribution in [3.05, 3.63) is 46.1 Å². The maximum atomic E-state index is 8.38. The summed E-state index contributed by atoms with van der Waals surface area (Å²) in [6, 6.07) is 9.58. The standard InChI is InChI=1S/C12H10BrNO2/c1-8-6-9(2-4-11(8)13)12-5-3-10(16-12)7-14-15/h2-7,15H,1H3/b14-7+. The first-order valence-electron chi connectivity index (χ1n) is 4.74. The molecular formula is C12H10BrNO2. The second kappa shape index (κ2) is 4.53. The molecule has 4 heteroatoms. The Morgan fingerprint density at radius 2 is 2.12 bits per heavy atom. The van der Waals surface area contributed by atoms with Gasteiger partial charge in [0.1, 0.15) is 17.7 Å². The highest BCUT2D eigenvalue weighted by Crippen LogP contribution is 2.26. The highest BCUT2D eigenvalue weighted by molar-refractivity contribution is 9.10. The molecule has 1 heterocycles. The smallest absolute Gasteiger partial charge is 0.149 e. The number of hydrogen-bond donors (Lipinski definition) is 1. The van der Waals surface area contributed by atoms with Gasteiger partial charge in [-0.05, 0) is 36.8 Å². The van der Waals surface area contributed by atoms with Gasteiger partial charge in [0, 0.05) is 10.0 Å². The van der Waals surface area contributed by atoms with Crippen molar-refractivity contribution < 1.29 is 9.62 Å². The van der Waals surface area contributed by atoms with Crippen molar-refractivity contribution in [2.24, 2.45) is 5.16 Å². The van der Waals surface area contributed by atoms with Crippen molar-refractivity contribution in [3.63, 3.8) is 0 Å². The van der Waals surface area contributed by atoms with Gasteiger partial charge in [-0.1, -0.05) is 27.2 Å². The number of benzene rings is 1. The molecule has 0 radical (unpaired) electrons. The van der Waals surface area contributed by atoms with Crippen LogP contribution < -0.4 is 0 Å². The predicted molar refractivity (Wildman–Crippen MR) is 66.0 cm³/mol. The number of nitrogens with zero attached hydrogens (tertiary/aromatic N) is 1. The number of aryl methyl sites for hydroxylation is 1. The third-order valence-corrected chi connectivity index (χ3v) is 3.14. The van der Waals surface area contributed by atoms with E-state index in [1.165, 1.54) is 6.21 Å². The Morgan fingerprint density at radius 1 is 1.31 bits per heavy atom. The molecule has 0 bridgehead atoms. The van der Waals surface area contributed by atoms with Crippen LogP contribution >= 0.6 is 15.9 Å². The van der Waals surface area contributed by atoms with Gasteiger partial charge in [-0.2, -0.15) is 0 Å². The van der Waals surface area contributed by atoms with Crippen LogP contribution in [0, 0.1) is 6.92 Å². The van der Waals surface area contributed by atoms with Gasteiger partial charge in [-0.25, -0.2) is 0 Å². The lowest BCUT2D eigenvalue weighted by molar-refractivity contribution is 0.321. The molecule has 1 N–H and O–H groups in total. The van der Waals surface area contributed by atoms with E-state index in [0.717, 1.165) is 21.4 Å². The molecule has 0 aliphatic heterocycles. The number of hydrogen-bond acceptors (Lipinski definition) is 3. The van der Waals surface area contributed by atoms with Crippen LogP contribution in [0.25, 0.3) is 11.3 Å². The minimum atomic E-state index is 0.526. The summed E-state index contributed by atoms with van der Waals surface area (Å²) in [5.41, 5.74) is 2.14. The van der Waals surface area contributed by atoms with E-state index in [-0.39, 0.29) is 0 Å². The number of oxime groups is 1. The molecule has 0 unspecified atom stereocenters. The van der Waals surface area contributed by atoms with Gasteiger partial charge in [-0.15, -0.1) is 0 Å². The van der Waals surface area contributed by atoms with Crippen LogP contribution in [-0.2, 0) is 0 Å². The normalized spacial score (nSPS) is 11.1. The van der Waals surface area contributed by atoms with Crippen molar-refractivity contribution in [2.45, 2.75) is 6.92 Å². The topological polar surface area (TPSA) is 45.7 Å². The number of furan rings is 1. The average Bonchev–Trinajstić information content (AvgIpc) is 2.71. The van der Waals surface area contributed by atoms with Gasteiger partial charge in [0.05, 0.1) is 0 Å². The zero-order chi connectivity index (χ0) is 11.5. The fourth-order valence-electron chi connectivity index (χ4n) is 1.43. The molecule has 0 saturated carbocycles. The SMILES string of the molecule is Cc1cc(-c2ccc(/C=N/O)o2)ccc1Br. The van der Waals surface area contributed by atoms with Crippen molar-refractivity contribution >= 4 is 22.1 Å². The molecule has 3 nitrogen and oxygen atoms in total. The second-order valence-electron chi connectivity index (χ2n) is 3.41. The fourth-order valence-corrected chi connectivity index (χ4v) is 1.68. The summed E-state index contributed by atoms with van der Waals surface area (Å²) in [5.74, 6) is 1.28. The summed E-state index contributed by atoms with van der Waals surface area (Å²) < 4.78 is 6.55. The molecule has 82 valence electrons. The van der Waals surface area contributed by atoms with Gasteiger partial charge in [0.15, 0.2) is 0 Å². The molecule has 0 aliphatic carbocycles. The Morgan fingerprint density at radius 3 is 2.81 bits per heavy atom. The van der Waals surface area contributed by atoms with Crippen LogP contribution in [0.5, 0.6) is 0 Å². The molecule has 0 saturated heterocycles. The molecule has 0 aliphatic rings. The quantitative estimate of drug-likeness (QED) is 0.516. The Labute approximate surface area is 102 Å². The van der Waals surface area contributed by atoms with Crippen LogP contribution in [0.3, 0.4) is 0 Å². The Hall–Kier alpha value is -1.55. The van der Waals surface area contributed by atoms with Gasteiger partial charge >= 0.3 is 0 Å². The van der Waals surface area contributed by atoms with Crippen molar-refractivity contribution in [3.8, 4) is 11.3 Å². The zero-order valence-corrected chi connectivity index (χ0v) is 10.2. The maximum absolute atomic E-state index is 8.38. The molecule has 1 aromatic carbocycles. The van der Waals surface area contributed by atoms with Crippen molar-refractivity contribution in [2.75, 3.05) is 0 Å². The molecule has 0 spiro atoms. The molecule has 16 heavy (non-hydrogen) atoms. The Kier molecular flexibility index (Phi) is 3.10. The lowest BCUT2D eigenvalue weighted by Crippen LogP contribution is -1.79. The summed E-state index contributed by atoms with van der Waals surface area (Å²) in [7, 11) is 0. The maximum Gasteiger partial charge on any atom is 0.149 e. The van der Waals surface area contributed by atoms with Gasteiger partial charge in [0.2, 0.25) is 0 Å². The summed E-state index contributed by atoms with van der Waals surface area (Å²) in [6.45, 7) is 2.02. The van der Waals surface area contributed by atoms with Gasteiger partial charge in [0.25, 0.3) is 0 Å². The molecule has 1 aromatic heterocycles. The van der Waals surface area contributed by atoms with E-state index in [2.05, 4.69) is 21.1 Å². The first-order valence-corrected chi connectivity index (χ1v) is 5.54. The summed E-state index contributed by atoms with van der Waals surface area (Å²) in [5, 5.41) is 11.3. The van der Waals surface area contributed by atoms with E-state index in [1.807, 2.05) is 31.2 Å². The van der Waals surface area contributed by atoms with Crippen LogP contribution in [0.15, 0.2) is 44.4 Å². The van der Waals surface area contributed by atoms with Crippen molar-refractivity contribution in [1.82, 2.24) is 0 Å². The minimum Gasteiger partial charge on any atom is -0.455 e. The average molecular weight is 280 g/mol. The zero-order valence-electron chi connectivity index (χ0n) is 8.64. The van der Waals surface area contributed by atoms with Crippen LogP contribution in [-0.4, -0.2) is 11.4 Å². The Bertz CT molecular complexity index is 532. The van der Waals surface area contributed by atoms with E-state index in [1.54, 1.807) is 6.07 Å². The number of rotatable bonds is 2. The van der Waals surface area contributed by atoms with E-state index >= 15 is 0 Å². The minimum absolute atomic E-state index is 0.526. The highest BCUT2D eigenvalue weighted by atomic mass is 79.9. The van der Waals surface area contributed by atoms with Crippen LogP contribution in [0.1, 0.15) is 11.3 Å². The van der Waals surface area contributed by atoms with E-state index in [0.29, 0.717) is 5.76 Å². The van der Waals surface area contributed by atoms with Gasteiger partial charge < -0.3 is 9.62 Å². The lowest BCUT2D eigenvalue weighted by Gasteiger charge is -2.01. The lowest BCUT2D eigenvalue weighted by atomic mass is 10.1. The van der Waals surface area contributed by atoms with Gasteiger partial charge in [-0.3, -0.25) is 0 Å². The molecule has 0 atom stereocenters. The summed E-state index contributed by atoms with van der Waals surface area (Å²) >= 11 is 3.45. The van der Waals surface area contributed by atoms with Crippen LogP contribution in [0.4, 0.5) is 0 Å². The van der Waals surface area contributed by atoms with E-state index < -0.39 is 0 Å². The largest absolute Gasteiger partial charge is 0.455 e. The van der Waals surface area contributed by atoms with Crippen LogP contribution in [0.2, 0.25) is 0 Å². The fraction of sp³-hybridized carbons (Fsp3) is 0.0833. The third kappa shape index (κ3) is 2.17. The molecule has 2 rings (SSSR count). The summed E-state index contributed by atoms with van der Waals surface area (Å²) in [6.07, 6.45) is 1.26. The molecule has 0 amide bonds. The third-order valence-electron chi connectivity index (χ3n) is 2.25. The monoisotopic (exact) mass is 279 g/mol. The molecule has 2 aromatic rings. The summed E-state index contributed by atoms with van der Waals surface area (Å²) in [4.78, 5) is 0. The van der Waals surface area contributed by atoms with E-state index in [9.17, 15) is 0 Å². The number of halogens is 1. The molecule has 0 fully saturated rings. The second-order valence-corrected chi connectivity index (χ2v) is 4.26. The predicted octanol–water partition coefficient (Wildman–Crippen LogP) is 3.83. The Balaban J connectivity index is 2.38. The first kappa shape index (κ1) is 11.0. The van der Waals surface area contributed by atoms with Crippen molar-refractivity contribution in [1.29, 1.82) is 0 Å².